The van der Waals surface area contributed by atoms with E-state index in [1.807, 2.05) is 31.2 Å². The average Bonchev–Trinajstić information content (AvgIpc) is 2.48. The zero-order valence-electron chi connectivity index (χ0n) is 11.9. The number of nitrogens with zero attached hydrogens (tertiary/aromatic N) is 1. The fourth-order valence-corrected chi connectivity index (χ4v) is 1.84. The zero-order valence-corrected chi connectivity index (χ0v) is 11.9. The maximum Gasteiger partial charge on any atom is 0.272 e. The largest absolute Gasteiger partial charge is 0.399 e. The molecule has 0 spiro atoms. The molecule has 2 aromatic carbocycles. The van der Waals surface area contributed by atoms with E-state index in [4.69, 9.17) is 5.73 Å². The summed E-state index contributed by atoms with van der Waals surface area (Å²) in [5.74, 6) is 0. The highest BCUT2D eigenvalue weighted by Gasteiger charge is 2.08. The van der Waals surface area contributed by atoms with Crippen LogP contribution in [0.2, 0.25) is 0 Å². The van der Waals surface area contributed by atoms with Crippen LogP contribution in [0.25, 0.3) is 0 Å². The Morgan fingerprint density at radius 2 is 1.45 bits per heavy atom. The molecule has 0 saturated heterocycles. The number of nitrogen functional groups attached to an aromatic ring is 1. The highest BCUT2D eigenvalue weighted by Crippen LogP contribution is 2.17. The number of para-hydroxylation sites is 2. The monoisotopic (exact) mass is 272 g/mol. The molecule has 4 nitrogen and oxygen atoms in total. The number of aryl methyl sites for hydroxylation is 2. The molecule has 2 aromatic rings. The van der Waals surface area contributed by atoms with Crippen molar-refractivity contribution < 1.29 is 4.92 Å². The second-order valence-electron chi connectivity index (χ2n) is 4.29. The number of benzene rings is 2. The number of anilines is 1. The highest BCUT2D eigenvalue weighted by molar-refractivity contribution is 5.46. The fraction of sp³-hybridized carbons (Fsp3) is 0.250. The van der Waals surface area contributed by atoms with Crippen LogP contribution < -0.4 is 5.73 Å². The van der Waals surface area contributed by atoms with Crippen LogP contribution in [0.15, 0.2) is 48.5 Å². The highest BCUT2D eigenvalue weighted by atomic mass is 16.6. The van der Waals surface area contributed by atoms with Gasteiger partial charge < -0.3 is 5.73 Å². The van der Waals surface area contributed by atoms with Crippen molar-refractivity contribution >= 4 is 11.4 Å². The van der Waals surface area contributed by atoms with Gasteiger partial charge >= 0.3 is 0 Å². The first kappa shape index (κ1) is 15.7. The van der Waals surface area contributed by atoms with Crippen LogP contribution in [0.3, 0.4) is 0 Å². The van der Waals surface area contributed by atoms with Crippen molar-refractivity contribution in [3.8, 4) is 0 Å². The summed E-state index contributed by atoms with van der Waals surface area (Å²) in [6.07, 6.45) is 1.73. The molecule has 0 fully saturated rings. The van der Waals surface area contributed by atoms with Crippen LogP contribution in [-0.2, 0) is 12.8 Å². The van der Waals surface area contributed by atoms with Gasteiger partial charge in [-0.3, -0.25) is 10.1 Å². The van der Waals surface area contributed by atoms with Gasteiger partial charge in [-0.2, -0.15) is 0 Å². The normalized spacial score (nSPS) is 9.50. The SMILES string of the molecule is CCc1ccccc1N.CCc1ccccc1[N+](=O)[O-]. The van der Waals surface area contributed by atoms with Gasteiger partial charge in [0.05, 0.1) is 4.92 Å². The second kappa shape index (κ2) is 7.94. The lowest BCUT2D eigenvalue weighted by molar-refractivity contribution is -0.385. The van der Waals surface area contributed by atoms with Gasteiger partial charge in [-0.15, -0.1) is 0 Å². The molecular formula is C16H20N2O2. The van der Waals surface area contributed by atoms with E-state index >= 15 is 0 Å². The van der Waals surface area contributed by atoms with Crippen molar-refractivity contribution in [3.05, 3.63) is 69.8 Å². The first-order valence-corrected chi connectivity index (χ1v) is 6.65. The lowest BCUT2D eigenvalue weighted by Gasteiger charge is -1.98. The van der Waals surface area contributed by atoms with E-state index in [1.165, 1.54) is 11.6 Å². The summed E-state index contributed by atoms with van der Waals surface area (Å²) in [7, 11) is 0. The first-order valence-electron chi connectivity index (χ1n) is 6.65. The molecule has 0 unspecified atom stereocenters. The van der Waals surface area contributed by atoms with Crippen LogP contribution in [0.5, 0.6) is 0 Å². The third-order valence-electron chi connectivity index (χ3n) is 3.01. The second-order valence-corrected chi connectivity index (χ2v) is 4.29. The summed E-state index contributed by atoms with van der Waals surface area (Å²) in [4.78, 5) is 10.0. The maximum atomic E-state index is 10.4. The van der Waals surface area contributed by atoms with Crippen LogP contribution in [0.1, 0.15) is 25.0 Å². The molecule has 0 aliphatic heterocycles. The minimum absolute atomic E-state index is 0.218. The molecule has 4 heteroatoms. The van der Waals surface area contributed by atoms with Crippen molar-refractivity contribution in [3.63, 3.8) is 0 Å². The summed E-state index contributed by atoms with van der Waals surface area (Å²) in [6.45, 7) is 4.01. The molecule has 0 heterocycles. The van der Waals surface area contributed by atoms with E-state index in [2.05, 4.69) is 13.0 Å². The van der Waals surface area contributed by atoms with Gasteiger partial charge in [0.25, 0.3) is 5.69 Å². The van der Waals surface area contributed by atoms with Crippen LogP contribution in [0.4, 0.5) is 11.4 Å². The Kier molecular flexibility index (Phi) is 6.23. The summed E-state index contributed by atoms with van der Waals surface area (Å²) < 4.78 is 0. The lowest BCUT2D eigenvalue weighted by Crippen LogP contribution is -1.92. The first-order chi connectivity index (χ1) is 9.60. The number of nitrogens with two attached hydrogens (primary N) is 1. The van der Waals surface area contributed by atoms with Crippen molar-refractivity contribution in [1.29, 1.82) is 0 Å². The topological polar surface area (TPSA) is 69.2 Å². The van der Waals surface area contributed by atoms with Gasteiger partial charge in [-0.05, 0) is 24.5 Å². The Morgan fingerprint density at radius 1 is 0.950 bits per heavy atom. The number of hydrogen-bond acceptors (Lipinski definition) is 3. The van der Waals surface area contributed by atoms with Crippen LogP contribution >= 0.6 is 0 Å². The molecular weight excluding hydrogens is 252 g/mol. The Hall–Kier alpha value is -2.36. The molecule has 0 bridgehead atoms. The van der Waals surface area contributed by atoms with E-state index in [9.17, 15) is 10.1 Å². The molecule has 2 rings (SSSR count). The van der Waals surface area contributed by atoms with Crippen molar-refractivity contribution in [2.45, 2.75) is 26.7 Å². The minimum Gasteiger partial charge on any atom is -0.399 e. The maximum absolute atomic E-state index is 10.4. The van der Waals surface area contributed by atoms with Gasteiger partial charge in [0.1, 0.15) is 0 Å². The quantitative estimate of drug-likeness (QED) is 0.522. The number of nitro groups is 1. The van der Waals surface area contributed by atoms with Gasteiger partial charge in [-0.25, -0.2) is 0 Å². The van der Waals surface area contributed by atoms with E-state index < -0.39 is 0 Å². The minimum atomic E-state index is -0.348. The summed E-state index contributed by atoms with van der Waals surface area (Å²) in [5.41, 5.74) is 8.77. The van der Waals surface area contributed by atoms with Gasteiger partial charge in [0.2, 0.25) is 0 Å². The van der Waals surface area contributed by atoms with Gasteiger partial charge in [0, 0.05) is 17.3 Å². The molecule has 2 N–H and O–H groups in total. The fourth-order valence-electron chi connectivity index (χ4n) is 1.84. The van der Waals surface area contributed by atoms with Crippen molar-refractivity contribution in [1.82, 2.24) is 0 Å². The smallest absolute Gasteiger partial charge is 0.272 e. The third-order valence-corrected chi connectivity index (χ3v) is 3.01. The Balaban J connectivity index is 0.000000204. The number of rotatable bonds is 3. The van der Waals surface area contributed by atoms with Crippen LogP contribution in [-0.4, -0.2) is 4.92 Å². The van der Waals surface area contributed by atoms with E-state index in [0.717, 1.165) is 17.7 Å². The molecule has 106 valence electrons. The van der Waals surface area contributed by atoms with E-state index in [1.54, 1.807) is 12.1 Å². The average molecular weight is 272 g/mol. The van der Waals surface area contributed by atoms with Gasteiger partial charge in [0.15, 0.2) is 0 Å². The third kappa shape index (κ3) is 4.39. The predicted octanol–water partition coefficient (Wildman–Crippen LogP) is 3.99. The zero-order chi connectivity index (χ0) is 15.0. The summed E-state index contributed by atoms with van der Waals surface area (Å²) in [6, 6.07) is 14.7. The van der Waals surface area contributed by atoms with Gasteiger partial charge in [-0.1, -0.05) is 50.2 Å². The molecule has 0 radical (unpaired) electrons. The molecule has 0 aromatic heterocycles. The molecule has 20 heavy (non-hydrogen) atoms. The molecule has 0 atom stereocenters. The molecule has 0 amide bonds. The lowest BCUT2D eigenvalue weighted by atomic mass is 10.1. The molecule has 0 saturated carbocycles. The van der Waals surface area contributed by atoms with Crippen molar-refractivity contribution in [2.75, 3.05) is 5.73 Å². The predicted molar refractivity (Wildman–Crippen MR) is 82.7 cm³/mol. The number of hydrogen-bond donors (Lipinski definition) is 1. The summed E-state index contributed by atoms with van der Waals surface area (Å²) >= 11 is 0. The summed E-state index contributed by atoms with van der Waals surface area (Å²) in [5, 5.41) is 10.4. The Bertz CT molecular complexity index is 568. The van der Waals surface area contributed by atoms with E-state index in [-0.39, 0.29) is 10.6 Å². The van der Waals surface area contributed by atoms with Crippen LogP contribution in [0, 0.1) is 10.1 Å². The molecule has 0 aliphatic rings. The Morgan fingerprint density at radius 3 is 1.85 bits per heavy atom. The number of nitro benzene ring substituents is 1. The van der Waals surface area contributed by atoms with Crippen molar-refractivity contribution in [2.24, 2.45) is 0 Å². The molecule has 0 aliphatic carbocycles. The standard InChI is InChI=1S/C8H9NO2.C8H11N/c1-2-7-5-3-4-6-8(7)9(10)11;1-2-7-5-3-4-6-8(7)9/h3-6H,2H2,1H3;3-6H,2,9H2,1H3. The van der Waals surface area contributed by atoms with E-state index in [0.29, 0.717) is 6.42 Å². The Labute approximate surface area is 119 Å².